The zero-order chi connectivity index (χ0) is 29.0. The first-order valence-corrected chi connectivity index (χ1v) is 13.8. The minimum Gasteiger partial charge on any atom is -0.477 e. The van der Waals surface area contributed by atoms with E-state index in [1.165, 1.54) is 12.3 Å². The Morgan fingerprint density at radius 3 is 2.62 bits per heavy atom. The van der Waals surface area contributed by atoms with Crippen molar-refractivity contribution < 1.29 is 24.1 Å². The van der Waals surface area contributed by atoms with Crippen LogP contribution < -0.4 is 10.7 Å². The molecule has 4 rings (SSSR count). The fourth-order valence-corrected chi connectivity index (χ4v) is 5.19. The van der Waals surface area contributed by atoms with Gasteiger partial charge in [0.15, 0.2) is 0 Å². The summed E-state index contributed by atoms with van der Waals surface area (Å²) in [6.07, 6.45) is 2.15. The van der Waals surface area contributed by atoms with Crippen LogP contribution in [0, 0.1) is 11.2 Å². The summed E-state index contributed by atoms with van der Waals surface area (Å²) in [6.45, 7) is 10.1. The first-order chi connectivity index (χ1) is 19.0. The van der Waals surface area contributed by atoms with Crippen molar-refractivity contribution in [1.29, 1.82) is 0 Å². The van der Waals surface area contributed by atoms with Crippen LogP contribution in [-0.2, 0) is 11.2 Å². The van der Waals surface area contributed by atoms with Crippen LogP contribution in [0.3, 0.4) is 0 Å². The second kappa shape index (κ2) is 12.6. The van der Waals surface area contributed by atoms with Crippen LogP contribution in [0.25, 0.3) is 11.0 Å². The number of nitrogens with zero attached hydrogens (tertiary/aromatic N) is 3. The molecule has 0 unspecified atom stereocenters. The molecule has 1 aliphatic rings. The van der Waals surface area contributed by atoms with E-state index in [1.807, 2.05) is 20.8 Å². The summed E-state index contributed by atoms with van der Waals surface area (Å²) in [5, 5.41) is 23.5. The Labute approximate surface area is 237 Å². The highest BCUT2D eigenvalue weighted by Crippen LogP contribution is 2.33. The minimum atomic E-state index is -1.38. The standard InChI is InChI=1S/C29H36ClFN4O5/c1-29(2,3)23(17-36)35-16-21(28(38)39)25(37)20-15-19(14-18-6-4-7-22(30)24(18)31)26(33-27(20)35)32-8-5-9-34-10-12-40-13-11-34/h4,6-7,15-16,23,36H,5,8-14,17H2,1-3H3,(H,32,33)(H,38,39)/t23-/m1/s1. The van der Waals surface area contributed by atoms with Crippen molar-refractivity contribution in [2.45, 2.75) is 39.7 Å². The summed E-state index contributed by atoms with van der Waals surface area (Å²) in [6, 6.07) is 5.74. The maximum Gasteiger partial charge on any atom is 0.341 e. The first kappa shape index (κ1) is 29.9. The number of rotatable bonds is 10. The molecule has 0 radical (unpaired) electrons. The smallest absolute Gasteiger partial charge is 0.341 e. The van der Waals surface area contributed by atoms with Crippen molar-refractivity contribution in [3.8, 4) is 0 Å². The second-order valence-corrected chi connectivity index (χ2v) is 11.5. The Hall–Kier alpha value is -3.05. The predicted octanol–water partition coefficient (Wildman–Crippen LogP) is 4.19. The molecule has 11 heteroatoms. The maximum absolute atomic E-state index is 14.9. The number of halogens is 2. The van der Waals surface area contributed by atoms with Gasteiger partial charge in [0.05, 0.1) is 36.3 Å². The van der Waals surface area contributed by atoms with Crippen molar-refractivity contribution in [3.05, 3.63) is 68.2 Å². The molecule has 1 fully saturated rings. The number of hydrogen-bond donors (Lipinski definition) is 3. The van der Waals surface area contributed by atoms with E-state index in [9.17, 15) is 24.2 Å². The van der Waals surface area contributed by atoms with Crippen LogP contribution in [-0.4, -0.2) is 76.6 Å². The van der Waals surface area contributed by atoms with Gasteiger partial charge < -0.3 is 24.8 Å². The number of carboxylic acids is 1. The Morgan fingerprint density at radius 1 is 1.25 bits per heavy atom. The van der Waals surface area contributed by atoms with Gasteiger partial charge in [0.25, 0.3) is 0 Å². The number of morpholine rings is 1. The van der Waals surface area contributed by atoms with Gasteiger partial charge in [0.1, 0.15) is 22.8 Å². The summed E-state index contributed by atoms with van der Waals surface area (Å²) in [4.78, 5) is 32.5. The van der Waals surface area contributed by atoms with E-state index in [0.717, 1.165) is 26.1 Å². The van der Waals surface area contributed by atoms with Crippen LogP contribution in [0.2, 0.25) is 5.02 Å². The average Bonchev–Trinajstić information content (AvgIpc) is 2.91. The van der Waals surface area contributed by atoms with Gasteiger partial charge in [-0.25, -0.2) is 14.2 Å². The van der Waals surface area contributed by atoms with E-state index in [2.05, 4.69) is 10.2 Å². The molecule has 216 valence electrons. The lowest BCUT2D eigenvalue weighted by molar-refractivity contribution is 0.0378. The van der Waals surface area contributed by atoms with E-state index in [1.54, 1.807) is 22.8 Å². The summed E-state index contributed by atoms with van der Waals surface area (Å²) in [7, 11) is 0. The number of aliphatic hydroxyl groups excluding tert-OH is 1. The SMILES string of the molecule is CC(C)(C)[C@@H](CO)n1cc(C(=O)O)c(=O)c2cc(Cc3cccc(Cl)c3F)c(NCCCN3CCOCC3)nc21. The molecule has 40 heavy (non-hydrogen) atoms. The molecule has 1 aliphatic heterocycles. The lowest BCUT2D eigenvalue weighted by Crippen LogP contribution is -2.37. The zero-order valence-electron chi connectivity index (χ0n) is 23.0. The van der Waals surface area contributed by atoms with Crippen molar-refractivity contribution in [2.24, 2.45) is 5.41 Å². The number of aromatic carboxylic acids is 1. The number of fused-ring (bicyclic) bond motifs is 1. The third-order valence-electron chi connectivity index (χ3n) is 7.28. The number of carboxylic acid groups (broad SMARTS) is 1. The lowest BCUT2D eigenvalue weighted by atomic mass is 9.86. The monoisotopic (exact) mass is 574 g/mol. The molecular formula is C29H36ClFN4O5. The molecule has 0 bridgehead atoms. The Kier molecular flexibility index (Phi) is 9.45. The van der Waals surface area contributed by atoms with Gasteiger partial charge in [-0.3, -0.25) is 9.69 Å². The average molecular weight is 575 g/mol. The van der Waals surface area contributed by atoms with Crippen molar-refractivity contribution >= 4 is 34.4 Å². The normalized spacial score (nSPS) is 15.3. The second-order valence-electron chi connectivity index (χ2n) is 11.1. The van der Waals surface area contributed by atoms with Gasteiger partial charge in [-0.2, -0.15) is 0 Å². The fourth-order valence-electron chi connectivity index (χ4n) is 4.99. The van der Waals surface area contributed by atoms with Crippen molar-refractivity contribution in [3.63, 3.8) is 0 Å². The number of carbonyl (C=O) groups is 1. The number of ether oxygens (including phenoxy) is 1. The third kappa shape index (κ3) is 6.63. The summed E-state index contributed by atoms with van der Waals surface area (Å²) < 4.78 is 21.9. The highest BCUT2D eigenvalue weighted by Gasteiger charge is 2.29. The molecule has 3 aromatic rings. The van der Waals surface area contributed by atoms with Crippen LogP contribution in [0.5, 0.6) is 0 Å². The summed E-state index contributed by atoms with van der Waals surface area (Å²) in [5.41, 5.74) is -0.505. The van der Waals surface area contributed by atoms with Gasteiger partial charge in [-0.1, -0.05) is 44.5 Å². The van der Waals surface area contributed by atoms with E-state index < -0.39 is 34.2 Å². The molecule has 3 heterocycles. The van der Waals surface area contributed by atoms with E-state index in [4.69, 9.17) is 21.3 Å². The molecule has 0 spiro atoms. The molecule has 0 aliphatic carbocycles. The Balaban J connectivity index is 1.82. The largest absolute Gasteiger partial charge is 0.477 e. The van der Waals surface area contributed by atoms with E-state index in [-0.39, 0.29) is 29.1 Å². The van der Waals surface area contributed by atoms with Gasteiger partial charge in [0, 0.05) is 32.3 Å². The van der Waals surface area contributed by atoms with Gasteiger partial charge in [0.2, 0.25) is 5.43 Å². The molecule has 3 N–H and O–H groups in total. The Bertz CT molecular complexity index is 1430. The molecule has 1 saturated heterocycles. The fraction of sp³-hybridized carbons (Fsp3) is 0.483. The predicted molar refractivity (Wildman–Crippen MR) is 153 cm³/mol. The summed E-state index contributed by atoms with van der Waals surface area (Å²) in [5.74, 6) is -1.48. The van der Waals surface area contributed by atoms with Gasteiger partial charge in [-0.15, -0.1) is 0 Å². The zero-order valence-corrected chi connectivity index (χ0v) is 23.8. The highest BCUT2D eigenvalue weighted by atomic mass is 35.5. The van der Waals surface area contributed by atoms with E-state index >= 15 is 0 Å². The van der Waals surface area contributed by atoms with Crippen molar-refractivity contribution in [2.75, 3.05) is 51.3 Å². The van der Waals surface area contributed by atoms with Crippen LogP contribution in [0.15, 0.2) is 35.3 Å². The van der Waals surface area contributed by atoms with Crippen molar-refractivity contribution in [1.82, 2.24) is 14.5 Å². The number of hydrogen-bond acceptors (Lipinski definition) is 7. The number of anilines is 1. The number of benzene rings is 1. The number of nitrogens with one attached hydrogen (secondary N) is 1. The van der Waals surface area contributed by atoms with Gasteiger partial charge >= 0.3 is 5.97 Å². The molecule has 1 aromatic carbocycles. The highest BCUT2D eigenvalue weighted by molar-refractivity contribution is 6.30. The van der Waals surface area contributed by atoms with Crippen LogP contribution in [0.1, 0.15) is 54.7 Å². The molecule has 1 atom stereocenters. The number of aliphatic hydroxyl groups is 1. The van der Waals surface area contributed by atoms with Crippen LogP contribution in [0.4, 0.5) is 10.2 Å². The Morgan fingerprint density at radius 2 is 1.98 bits per heavy atom. The first-order valence-electron chi connectivity index (χ1n) is 13.4. The maximum atomic E-state index is 14.9. The lowest BCUT2D eigenvalue weighted by Gasteiger charge is -2.32. The number of aromatic nitrogens is 2. The topological polar surface area (TPSA) is 117 Å². The molecular weight excluding hydrogens is 539 g/mol. The third-order valence-corrected chi connectivity index (χ3v) is 7.57. The minimum absolute atomic E-state index is 0.0160. The molecule has 9 nitrogen and oxygen atoms in total. The number of pyridine rings is 2. The molecule has 2 aromatic heterocycles. The summed E-state index contributed by atoms with van der Waals surface area (Å²) >= 11 is 6.02. The quantitative estimate of drug-likeness (QED) is 0.309. The molecule has 0 amide bonds. The van der Waals surface area contributed by atoms with E-state index in [0.29, 0.717) is 36.7 Å². The van der Waals surface area contributed by atoms with Crippen LogP contribution >= 0.6 is 11.6 Å². The van der Waals surface area contributed by atoms with Gasteiger partial charge in [-0.05, 0) is 41.6 Å². The molecule has 0 saturated carbocycles.